The number of nitrogens with two attached hydrogens (primary N) is 1. The van der Waals surface area contributed by atoms with Crippen LogP contribution in [-0.2, 0) is 6.54 Å². The van der Waals surface area contributed by atoms with Gasteiger partial charge < -0.3 is 10.3 Å². The highest BCUT2D eigenvalue weighted by molar-refractivity contribution is 5.72. The Morgan fingerprint density at radius 2 is 1.85 bits per heavy atom. The second-order valence-electron chi connectivity index (χ2n) is 6.01. The van der Waals surface area contributed by atoms with Gasteiger partial charge in [0.05, 0.1) is 0 Å². The zero-order valence-electron chi connectivity index (χ0n) is 12.6. The molecule has 1 heterocycles. The Bertz CT molecular complexity index is 616. The second kappa shape index (κ2) is 4.97. The van der Waals surface area contributed by atoms with E-state index < -0.39 is 0 Å². The summed E-state index contributed by atoms with van der Waals surface area (Å²) in [5, 5.41) is 0. The van der Waals surface area contributed by atoms with E-state index in [1.807, 2.05) is 0 Å². The van der Waals surface area contributed by atoms with Crippen LogP contribution in [0.3, 0.4) is 0 Å². The Morgan fingerprint density at radius 3 is 2.40 bits per heavy atom. The summed E-state index contributed by atoms with van der Waals surface area (Å²) < 4.78 is 2.23. The highest BCUT2D eigenvalue weighted by Gasteiger charge is 2.30. The van der Waals surface area contributed by atoms with Crippen LogP contribution in [0, 0.1) is 13.8 Å². The van der Waals surface area contributed by atoms with E-state index in [4.69, 9.17) is 10.7 Å². The van der Waals surface area contributed by atoms with Gasteiger partial charge in [-0.3, -0.25) is 0 Å². The maximum absolute atomic E-state index is 6.39. The van der Waals surface area contributed by atoms with E-state index in [0.717, 1.165) is 30.0 Å². The summed E-state index contributed by atoms with van der Waals surface area (Å²) in [5.74, 6) is 2.65. The molecule has 0 amide bonds. The number of imidazole rings is 1. The number of aryl methyl sites for hydroxylation is 2. The molecule has 1 aliphatic carbocycles. The molecule has 0 radical (unpaired) electrons. The van der Waals surface area contributed by atoms with Gasteiger partial charge in [-0.2, -0.15) is 0 Å². The highest BCUT2D eigenvalue weighted by Crippen LogP contribution is 2.42. The lowest BCUT2D eigenvalue weighted by Gasteiger charge is -2.07. The van der Waals surface area contributed by atoms with Crippen LogP contribution in [0.1, 0.15) is 49.1 Å². The van der Waals surface area contributed by atoms with Gasteiger partial charge in [0.15, 0.2) is 0 Å². The predicted molar refractivity (Wildman–Crippen MR) is 83.8 cm³/mol. The monoisotopic (exact) mass is 269 g/mol. The molecule has 0 atom stereocenters. The fourth-order valence-electron chi connectivity index (χ4n) is 2.92. The van der Waals surface area contributed by atoms with Crippen LogP contribution in [0.5, 0.6) is 0 Å². The number of aromatic nitrogens is 2. The van der Waals surface area contributed by atoms with E-state index in [-0.39, 0.29) is 0 Å². The average molecular weight is 269 g/mol. The number of rotatable bonds is 4. The molecule has 2 N–H and O–H groups in total. The largest absolute Gasteiger partial charge is 0.383 e. The molecule has 106 valence electrons. The maximum Gasteiger partial charge on any atom is 0.131 e. The lowest BCUT2D eigenvalue weighted by molar-refractivity contribution is 0.646. The Hall–Kier alpha value is -1.77. The summed E-state index contributed by atoms with van der Waals surface area (Å²) >= 11 is 0. The molecule has 0 unspecified atom stereocenters. The predicted octanol–water partition coefficient (Wildman–Crippen LogP) is 4.04. The third kappa shape index (κ3) is 2.33. The number of nitrogen functional groups attached to an aromatic ring is 1. The van der Waals surface area contributed by atoms with Crippen molar-refractivity contribution in [1.29, 1.82) is 0 Å². The topological polar surface area (TPSA) is 43.8 Å². The van der Waals surface area contributed by atoms with Crippen molar-refractivity contribution in [3.8, 4) is 11.3 Å². The summed E-state index contributed by atoms with van der Waals surface area (Å²) in [7, 11) is 0. The Balaban J connectivity index is 2.11. The minimum Gasteiger partial charge on any atom is -0.383 e. The van der Waals surface area contributed by atoms with Crippen molar-refractivity contribution < 1.29 is 0 Å². The molecule has 1 fully saturated rings. The second-order valence-corrected chi connectivity index (χ2v) is 6.01. The van der Waals surface area contributed by atoms with E-state index in [0.29, 0.717) is 5.92 Å². The van der Waals surface area contributed by atoms with Gasteiger partial charge in [0, 0.05) is 18.0 Å². The number of nitrogens with zero attached hydrogens (tertiary/aromatic N) is 2. The molecule has 1 aromatic carbocycles. The molecule has 20 heavy (non-hydrogen) atoms. The zero-order chi connectivity index (χ0) is 14.3. The fraction of sp³-hybridized carbons (Fsp3) is 0.471. The lowest BCUT2D eigenvalue weighted by atomic mass is 10.1. The molecule has 1 aromatic heterocycles. The minimum atomic E-state index is 0.628. The van der Waals surface area contributed by atoms with Crippen LogP contribution in [-0.4, -0.2) is 9.55 Å². The van der Waals surface area contributed by atoms with E-state index in [1.165, 1.54) is 29.8 Å². The van der Waals surface area contributed by atoms with Gasteiger partial charge in [0.25, 0.3) is 0 Å². The molecule has 3 nitrogen and oxygen atoms in total. The third-order valence-electron chi connectivity index (χ3n) is 3.92. The van der Waals surface area contributed by atoms with E-state index in [9.17, 15) is 0 Å². The normalized spacial score (nSPS) is 14.8. The first-order valence-corrected chi connectivity index (χ1v) is 7.54. The van der Waals surface area contributed by atoms with Crippen molar-refractivity contribution in [3.63, 3.8) is 0 Å². The van der Waals surface area contributed by atoms with Gasteiger partial charge in [-0.15, -0.1) is 0 Å². The van der Waals surface area contributed by atoms with Crippen LogP contribution >= 0.6 is 0 Å². The quantitative estimate of drug-likeness (QED) is 0.910. The molecule has 0 saturated heterocycles. The first kappa shape index (κ1) is 13.2. The molecule has 0 spiro atoms. The van der Waals surface area contributed by atoms with Crippen molar-refractivity contribution in [3.05, 3.63) is 35.2 Å². The van der Waals surface area contributed by atoms with E-state index in [2.05, 4.69) is 43.5 Å². The van der Waals surface area contributed by atoms with Crippen LogP contribution in [0.15, 0.2) is 18.2 Å². The van der Waals surface area contributed by atoms with Crippen LogP contribution < -0.4 is 5.73 Å². The highest BCUT2D eigenvalue weighted by atomic mass is 15.1. The molecule has 3 heteroatoms. The Morgan fingerprint density at radius 1 is 1.20 bits per heavy atom. The summed E-state index contributed by atoms with van der Waals surface area (Å²) in [4.78, 5) is 4.88. The maximum atomic E-state index is 6.39. The minimum absolute atomic E-state index is 0.628. The summed E-state index contributed by atoms with van der Waals surface area (Å²) in [6.07, 6.45) is 3.60. The first-order chi connectivity index (χ1) is 9.60. The van der Waals surface area contributed by atoms with Crippen molar-refractivity contribution in [2.75, 3.05) is 5.73 Å². The number of anilines is 1. The lowest BCUT2D eigenvalue weighted by Crippen LogP contribution is -2.06. The fourth-order valence-corrected chi connectivity index (χ4v) is 2.92. The molecule has 2 aromatic rings. The van der Waals surface area contributed by atoms with Gasteiger partial charge in [0.1, 0.15) is 17.3 Å². The standard InChI is InChI=1S/C17H23N3/c1-4-7-20-16(18)15(19-17(20)13-5-6-13)14-9-11(2)8-12(3)10-14/h8-10,13H,4-7,18H2,1-3H3. The van der Waals surface area contributed by atoms with Crippen LogP contribution in [0.25, 0.3) is 11.3 Å². The third-order valence-corrected chi connectivity index (χ3v) is 3.92. The zero-order valence-corrected chi connectivity index (χ0v) is 12.6. The molecular formula is C17H23N3. The first-order valence-electron chi connectivity index (χ1n) is 7.54. The summed E-state index contributed by atoms with van der Waals surface area (Å²) in [6.45, 7) is 7.40. The molecule has 1 saturated carbocycles. The Kier molecular flexibility index (Phi) is 3.28. The van der Waals surface area contributed by atoms with Crippen molar-refractivity contribution >= 4 is 5.82 Å². The number of hydrogen-bond acceptors (Lipinski definition) is 2. The molecule has 1 aliphatic rings. The Labute approximate surface area is 120 Å². The number of hydrogen-bond donors (Lipinski definition) is 1. The van der Waals surface area contributed by atoms with E-state index in [1.54, 1.807) is 0 Å². The van der Waals surface area contributed by atoms with Gasteiger partial charge in [-0.05, 0) is 45.2 Å². The molecule has 3 rings (SSSR count). The molecule has 0 bridgehead atoms. The number of benzene rings is 1. The molecular weight excluding hydrogens is 246 g/mol. The van der Waals surface area contributed by atoms with Gasteiger partial charge in [0.2, 0.25) is 0 Å². The average Bonchev–Trinajstić information content (AvgIpc) is 3.16. The van der Waals surface area contributed by atoms with Gasteiger partial charge in [-0.1, -0.05) is 24.1 Å². The van der Waals surface area contributed by atoms with Crippen LogP contribution in [0.4, 0.5) is 5.82 Å². The SMILES string of the molecule is CCCn1c(C2CC2)nc(-c2cc(C)cc(C)c2)c1N. The summed E-state index contributed by atoms with van der Waals surface area (Å²) in [5.41, 5.74) is 11.0. The van der Waals surface area contributed by atoms with Crippen molar-refractivity contribution in [1.82, 2.24) is 9.55 Å². The van der Waals surface area contributed by atoms with E-state index >= 15 is 0 Å². The van der Waals surface area contributed by atoms with Crippen molar-refractivity contribution in [2.24, 2.45) is 0 Å². The van der Waals surface area contributed by atoms with Crippen LogP contribution in [0.2, 0.25) is 0 Å². The smallest absolute Gasteiger partial charge is 0.131 e. The van der Waals surface area contributed by atoms with Crippen molar-refractivity contribution in [2.45, 2.75) is 52.5 Å². The van der Waals surface area contributed by atoms with Gasteiger partial charge >= 0.3 is 0 Å². The molecule has 0 aliphatic heterocycles. The summed E-state index contributed by atoms with van der Waals surface area (Å²) in [6, 6.07) is 6.54. The van der Waals surface area contributed by atoms with Gasteiger partial charge in [-0.25, -0.2) is 4.98 Å².